The molecule has 0 aliphatic heterocycles. The van der Waals surface area contributed by atoms with Crippen LogP contribution in [0.15, 0.2) is 36.9 Å². The summed E-state index contributed by atoms with van der Waals surface area (Å²) >= 11 is 0. The van der Waals surface area contributed by atoms with Gasteiger partial charge in [-0.1, -0.05) is 31.7 Å². The number of hydrogen-bond donors (Lipinski definition) is 1. The molecule has 0 aromatic heterocycles. The van der Waals surface area contributed by atoms with Gasteiger partial charge in [0.1, 0.15) is 12.4 Å². The first-order valence-electron chi connectivity index (χ1n) is 5.34. The van der Waals surface area contributed by atoms with Gasteiger partial charge in [-0.15, -0.1) is 0 Å². The molecular formula is C13H19NO. The van der Waals surface area contributed by atoms with Crippen LogP contribution in [0.5, 0.6) is 5.75 Å². The Bertz CT molecular complexity index is 309. The zero-order valence-electron chi connectivity index (χ0n) is 9.28. The molecule has 1 atom stereocenters. The fourth-order valence-electron chi connectivity index (χ4n) is 1.36. The summed E-state index contributed by atoms with van der Waals surface area (Å²) in [4.78, 5) is 0. The monoisotopic (exact) mass is 205 g/mol. The van der Waals surface area contributed by atoms with Gasteiger partial charge in [0.25, 0.3) is 0 Å². The SMILES string of the molecule is C=CCOc1cccc(CC(N)CC)c1. The second-order valence-corrected chi connectivity index (χ2v) is 3.62. The van der Waals surface area contributed by atoms with Crippen LogP contribution < -0.4 is 10.5 Å². The molecule has 2 N–H and O–H groups in total. The lowest BCUT2D eigenvalue weighted by atomic mass is 10.0. The summed E-state index contributed by atoms with van der Waals surface area (Å²) < 4.78 is 5.45. The van der Waals surface area contributed by atoms with Gasteiger partial charge in [-0.05, 0) is 30.5 Å². The van der Waals surface area contributed by atoms with E-state index in [1.54, 1.807) is 6.08 Å². The van der Waals surface area contributed by atoms with Crippen LogP contribution in [0.2, 0.25) is 0 Å². The van der Waals surface area contributed by atoms with Crippen molar-refractivity contribution < 1.29 is 4.74 Å². The van der Waals surface area contributed by atoms with E-state index in [0.29, 0.717) is 6.61 Å². The first-order valence-corrected chi connectivity index (χ1v) is 5.34. The maximum absolute atomic E-state index is 5.90. The predicted molar refractivity (Wildman–Crippen MR) is 64.1 cm³/mol. The van der Waals surface area contributed by atoms with E-state index in [9.17, 15) is 0 Å². The summed E-state index contributed by atoms with van der Waals surface area (Å²) in [5, 5.41) is 0. The topological polar surface area (TPSA) is 35.2 Å². The molecule has 0 radical (unpaired) electrons. The first kappa shape index (κ1) is 11.8. The lowest BCUT2D eigenvalue weighted by Gasteiger charge is -2.10. The molecule has 0 heterocycles. The molecule has 0 saturated carbocycles. The van der Waals surface area contributed by atoms with Gasteiger partial charge in [-0.2, -0.15) is 0 Å². The van der Waals surface area contributed by atoms with Crippen LogP contribution >= 0.6 is 0 Å². The van der Waals surface area contributed by atoms with Gasteiger partial charge in [0.2, 0.25) is 0 Å². The molecule has 2 heteroatoms. The van der Waals surface area contributed by atoms with Crippen LogP contribution in [0.25, 0.3) is 0 Å². The summed E-state index contributed by atoms with van der Waals surface area (Å²) in [5.74, 6) is 0.885. The Hall–Kier alpha value is -1.28. The molecule has 1 aromatic rings. The second-order valence-electron chi connectivity index (χ2n) is 3.62. The van der Waals surface area contributed by atoms with E-state index in [-0.39, 0.29) is 6.04 Å². The van der Waals surface area contributed by atoms with Gasteiger partial charge in [-0.25, -0.2) is 0 Å². The Morgan fingerprint density at radius 1 is 1.53 bits per heavy atom. The van der Waals surface area contributed by atoms with Crippen LogP contribution in [-0.4, -0.2) is 12.6 Å². The van der Waals surface area contributed by atoms with Crippen molar-refractivity contribution in [1.82, 2.24) is 0 Å². The summed E-state index contributed by atoms with van der Waals surface area (Å²) in [6.07, 6.45) is 3.64. The number of nitrogens with two attached hydrogens (primary N) is 1. The van der Waals surface area contributed by atoms with Crippen molar-refractivity contribution in [2.45, 2.75) is 25.8 Å². The lowest BCUT2D eigenvalue weighted by Crippen LogP contribution is -2.21. The summed E-state index contributed by atoms with van der Waals surface area (Å²) in [6, 6.07) is 8.30. The molecule has 82 valence electrons. The van der Waals surface area contributed by atoms with E-state index in [2.05, 4.69) is 19.6 Å². The smallest absolute Gasteiger partial charge is 0.120 e. The third-order valence-corrected chi connectivity index (χ3v) is 2.29. The van der Waals surface area contributed by atoms with Gasteiger partial charge in [-0.3, -0.25) is 0 Å². The third-order valence-electron chi connectivity index (χ3n) is 2.29. The van der Waals surface area contributed by atoms with E-state index in [1.165, 1.54) is 5.56 Å². The maximum Gasteiger partial charge on any atom is 0.120 e. The van der Waals surface area contributed by atoms with Crippen molar-refractivity contribution in [2.75, 3.05) is 6.61 Å². The highest BCUT2D eigenvalue weighted by atomic mass is 16.5. The number of hydrogen-bond acceptors (Lipinski definition) is 2. The Morgan fingerprint density at radius 2 is 2.33 bits per heavy atom. The molecule has 0 aliphatic carbocycles. The number of rotatable bonds is 6. The minimum atomic E-state index is 0.236. The van der Waals surface area contributed by atoms with E-state index >= 15 is 0 Å². The van der Waals surface area contributed by atoms with E-state index in [4.69, 9.17) is 10.5 Å². The highest BCUT2D eigenvalue weighted by Gasteiger charge is 2.02. The Kier molecular flexibility index (Phi) is 4.91. The second kappa shape index (κ2) is 6.25. The quantitative estimate of drug-likeness (QED) is 0.724. The third kappa shape index (κ3) is 4.17. The molecule has 1 aromatic carbocycles. The highest BCUT2D eigenvalue weighted by Crippen LogP contribution is 2.14. The summed E-state index contributed by atoms with van der Waals surface area (Å²) in [7, 11) is 0. The van der Waals surface area contributed by atoms with Crippen molar-refractivity contribution in [3.05, 3.63) is 42.5 Å². The minimum absolute atomic E-state index is 0.236. The van der Waals surface area contributed by atoms with Gasteiger partial charge >= 0.3 is 0 Å². The molecule has 1 unspecified atom stereocenters. The summed E-state index contributed by atoms with van der Waals surface area (Å²) in [5.41, 5.74) is 7.13. The van der Waals surface area contributed by atoms with E-state index < -0.39 is 0 Å². The van der Waals surface area contributed by atoms with Gasteiger partial charge < -0.3 is 10.5 Å². The molecule has 0 bridgehead atoms. The van der Waals surface area contributed by atoms with Gasteiger partial charge in [0.15, 0.2) is 0 Å². The largest absolute Gasteiger partial charge is 0.490 e. The fourth-order valence-corrected chi connectivity index (χ4v) is 1.36. The Morgan fingerprint density at radius 3 is 3.00 bits per heavy atom. The Labute approximate surface area is 91.7 Å². The zero-order chi connectivity index (χ0) is 11.1. The van der Waals surface area contributed by atoms with Crippen LogP contribution in [0.1, 0.15) is 18.9 Å². The zero-order valence-corrected chi connectivity index (χ0v) is 9.28. The molecule has 1 rings (SSSR count). The van der Waals surface area contributed by atoms with Crippen molar-refractivity contribution in [2.24, 2.45) is 5.73 Å². The molecule has 0 aliphatic rings. The maximum atomic E-state index is 5.90. The van der Waals surface area contributed by atoms with Gasteiger partial charge in [0.05, 0.1) is 0 Å². The number of benzene rings is 1. The normalized spacial score (nSPS) is 12.1. The lowest BCUT2D eigenvalue weighted by molar-refractivity contribution is 0.362. The molecule has 0 saturated heterocycles. The van der Waals surface area contributed by atoms with Crippen LogP contribution in [0.4, 0.5) is 0 Å². The number of ether oxygens (including phenoxy) is 1. The van der Waals surface area contributed by atoms with Crippen molar-refractivity contribution in [1.29, 1.82) is 0 Å². The summed E-state index contributed by atoms with van der Waals surface area (Å²) in [6.45, 7) is 6.26. The first-order chi connectivity index (χ1) is 7.26. The molecule has 0 fully saturated rings. The van der Waals surface area contributed by atoms with Crippen LogP contribution in [0, 0.1) is 0 Å². The van der Waals surface area contributed by atoms with E-state index in [0.717, 1.165) is 18.6 Å². The molecular weight excluding hydrogens is 186 g/mol. The van der Waals surface area contributed by atoms with Crippen molar-refractivity contribution in [3.8, 4) is 5.75 Å². The van der Waals surface area contributed by atoms with Crippen LogP contribution in [-0.2, 0) is 6.42 Å². The van der Waals surface area contributed by atoms with Crippen LogP contribution in [0.3, 0.4) is 0 Å². The average Bonchev–Trinajstić information content (AvgIpc) is 2.26. The molecule has 15 heavy (non-hydrogen) atoms. The molecule has 2 nitrogen and oxygen atoms in total. The Balaban J connectivity index is 2.61. The standard InChI is InChI=1S/C13H19NO/c1-3-8-15-13-7-5-6-11(10-13)9-12(14)4-2/h3,5-7,10,12H,1,4,8-9,14H2,2H3. The van der Waals surface area contributed by atoms with Gasteiger partial charge in [0, 0.05) is 6.04 Å². The molecule has 0 amide bonds. The predicted octanol–water partition coefficient (Wildman–Crippen LogP) is 2.53. The highest BCUT2D eigenvalue weighted by molar-refractivity contribution is 5.29. The van der Waals surface area contributed by atoms with Crippen molar-refractivity contribution >= 4 is 0 Å². The van der Waals surface area contributed by atoms with Crippen molar-refractivity contribution in [3.63, 3.8) is 0 Å². The molecule has 0 spiro atoms. The average molecular weight is 205 g/mol. The minimum Gasteiger partial charge on any atom is -0.490 e. The fraction of sp³-hybridized carbons (Fsp3) is 0.385. The van der Waals surface area contributed by atoms with E-state index in [1.807, 2.05) is 18.2 Å².